The molecule has 7 heteroatoms. The zero-order valence-corrected chi connectivity index (χ0v) is 16.0. The molecule has 144 valence electrons. The Morgan fingerprint density at radius 2 is 1.52 bits per heavy atom. The van der Waals surface area contributed by atoms with E-state index in [-0.39, 0.29) is 11.8 Å². The molecule has 0 bridgehead atoms. The maximum atomic E-state index is 12.6. The lowest BCUT2D eigenvalue weighted by molar-refractivity contribution is -0.122. The van der Waals surface area contributed by atoms with Gasteiger partial charge in [-0.05, 0) is 44.2 Å². The van der Waals surface area contributed by atoms with Gasteiger partial charge in [0, 0.05) is 33.1 Å². The molecule has 1 saturated carbocycles. The van der Waals surface area contributed by atoms with Crippen molar-refractivity contribution in [2.75, 3.05) is 23.3 Å². The number of nitrogens with zero attached hydrogens (tertiary/aromatic N) is 3. The quantitative estimate of drug-likeness (QED) is 0.838. The summed E-state index contributed by atoms with van der Waals surface area (Å²) >= 11 is 0. The first-order valence-electron chi connectivity index (χ1n) is 9.77. The van der Waals surface area contributed by atoms with E-state index < -0.39 is 11.1 Å². The van der Waals surface area contributed by atoms with Crippen molar-refractivity contribution >= 4 is 28.3 Å². The fourth-order valence-electron chi connectivity index (χ4n) is 4.01. The summed E-state index contributed by atoms with van der Waals surface area (Å²) in [5, 5.41) is 3.10. The van der Waals surface area contributed by atoms with E-state index in [0.717, 1.165) is 56.6 Å². The second kappa shape index (κ2) is 6.87. The number of aromatic nitrogens is 2. The lowest BCUT2D eigenvalue weighted by Crippen LogP contribution is -2.39. The fraction of sp³-hybridized carbons (Fsp3) is 0.550. The molecule has 0 atom stereocenters. The highest BCUT2D eigenvalue weighted by Gasteiger charge is 2.27. The Hall–Kier alpha value is -2.57. The highest BCUT2D eigenvalue weighted by atomic mass is 16.2. The van der Waals surface area contributed by atoms with E-state index in [1.54, 1.807) is 14.1 Å². The number of aryl methyl sites for hydroxylation is 2. The van der Waals surface area contributed by atoms with E-state index in [4.69, 9.17) is 0 Å². The molecule has 0 spiro atoms. The van der Waals surface area contributed by atoms with Gasteiger partial charge in [0.1, 0.15) is 0 Å². The molecule has 1 saturated heterocycles. The normalized spacial score (nSPS) is 17.8. The van der Waals surface area contributed by atoms with Crippen LogP contribution >= 0.6 is 0 Å². The smallest absolute Gasteiger partial charge is 0.316 e. The maximum absolute atomic E-state index is 12.6. The summed E-state index contributed by atoms with van der Waals surface area (Å²) in [6.07, 6.45) is 6.41. The summed E-state index contributed by atoms with van der Waals surface area (Å²) in [6.45, 7) is 1.86. The van der Waals surface area contributed by atoms with Gasteiger partial charge in [0.05, 0.1) is 22.4 Å². The monoisotopic (exact) mass is 370 g/mol. The molecule has 2 heterocycles. The van der Waals surface area contributed by atoms with Crippen LogP contribution in [-0.2, 0) is 18.9 Å². The van der Waals surface area contributed by atoms with E-state index in [1.807, 2.05) is 12.1 Å². The second-order valence-corrected chi connectivity index (χ2v) is 7.75. The zero-order chi connectivity index (χ0) is 19.1. The van der Waals surface area contributed by atoms with Gasteiger partial charge in [-0.3, -0.25) is 14.4 Å². The predicted molar refractivity (Wildman–Crippen MR) is 106 cm³/mol. The molecule has 2 aliphatic rings. The minimum Gasteiger partial charge on any atom is -0.370 e. The molecule has 1 amide bonds. The molecule has 1 aliphatic carbocycles. The summed E-state index contributed by atoms with van der Waals surface area (Å²) < 4.78 is 2.78. The summed E-state index contributed by atoms with van der Waals surface area (Å²) in [7, 11) is 3.23. The predicted octanol–water partition coefficient (Wildman–Crippen LogP) is 1.97. The van der Waals surface area contributed by atoms with Crippen molar-refractivity contribution in [1.82, 2.24) is 9.13 Å². The van der Waals surface area contributed by atoms with Crippen LogP contribution in [0.1, 0.15) is 38.5 Å². The molecule has 1 aromatic heterocycles. The average Bonchev–Trinajstić information content (AvgIpc) is 2.63. The van der Waals surface area contributed by atoms with Crippen LogP contribution in [0.5, 0.6) is 0 Å². The van der Waals surface area contributed by atoms with Gasteiger partial charge < -0.3 is 19.4 Å². The zero-order valence-electron chi connectivity index (χ0n) is 16.0. The van der Waals surface area contributed by atoms with Crippen LogP contribution < -0.4 is 21.3 Å². The summed E-state index contributed by atoms with van der Waals surface area (Å²) in [6, 6.07) is 3.79. The Balaban J connectivity index is 1.87. The number of hydrogen-bond donors (Lipinski definition) is 1. The van der Waals surface area contributed by atoms with Crippen LogP contribution in [-0.4, -0.2) is 28.1 Å². The summed E-state index contributed by atoms with van der Waals surface area (Å²) in [5.41, 5.74) is 1.90. The molecule has 1 aliphatic heterocycles. The van der Waals surface area contributed by atoms with Gasteiger partial charge in [-0.1, -0.05) is 6.42 Å². The minimum atomic E-state index is -0.563. The number of rotatable bonds is 3. The van der Waals surface area contributed by atoms with Gasteiger partial charge in [0.15, 0.2) is 0 Å². The number of benzene rings is 1. The molecular weight excluding hydrogens is 344 g/mol. The topological polar surface area (TPSA) is 76.3 Å². The van der Waals surface area contributed by atoms with Crippen LogP contribution in [0.2, 0.25) is 0 Å². The van der Waals surface area contributed by atoms with Crippen molar-refractivity contribution in [3.63, 3.8) is 0 Å². The Morgan fingerprint density at radius 1 is 0.926 bits per heavy atom. The van der Waals surface area contributed by atoms with Crippen LogP contribution in [0.25, 0.3) is 11.0 Å². The van der Waals surface area contributed by atoms with Gasteiger partial charge in [-0.15, -0.1) is 0 Å². The number of nitrogens with one attached hydrogen (secondary N) is 1. The Labute approximate surface area is 157 Å². The van der Waals surface area contributed by atoms with Crippen molar-refractivity contribution < 1.29 is 4.79 Å². The number of piperidine rings is 1. The van der Waals surface area contributed by atoms with Crippen molar-refractivity contribution in [2.45, 2.75) is 38.5 Å². The molecule has 27 heavy (non-hydrogen) atoms. The number of amides is 1. The van der Waals surface area contributed by atoms with Gasteiger partial charge in [0.2, 0.25) is 5.91 Å². The van der Waals surface area contributed by atoms with Gasteiger partial charge in [0.25, 0.3) is 0 Å². The number of anilines is 2. The molecular formula is C20H26N4O3. The highest BCUT2D eigenvalue weighted by Crippen LogP contribution is 2.34. The van der Waals surface area contributed by atoms with Crippen LogP contribution in [0, 0.1) is 5.92 Å². The third-order valence-electron chi connectivity index (χ3n) is 6.04. The summed E-state index contributed by atoms with van der Waals surface area (Å²) in [5.74, 6) is 0.132. The molecule has 2 aromatic rings. The largest absolute Gasteiger partial charge is 0.370 e. The molecule has 0 unspecified atom stereocenters. The lowest BCUT2D eigenvalue weighted by atomic mass is 9.85. The number of carbonyl (C=O) groups excluding carboxylic acids is 1. The van der Waals surface area contributed by atoms with Gasteiger partial charge in [-0.25, -0.2) is 0 Å². The number of hydrogen-bond acceptors (Lipinski definition) is 4. The first-order chi connectivity index (χ1) is 13.0. The molecule has 1 aromatic carbocycles. The van der Waals surface area contributed by atoms with Crippen LogP contribution in [0.15, 0.2) is 21.7 Å². The Bertz CT molecular complexity index is 1010. The molecule has 2 fully saturated rings. The highest BCUT2D eigenvalue weighted by molar-refractivity contribution is 5.99. The van der Waals surface area contributed by atoms with E-state index in [2.05, 4.69) is 10.2 Å². The fourth-order valence-corrected chi connectivity index (χ4v) is 4.01. The first kappa shape index (κ1) is 17.8. The van der Waals surface area contributed by atoms with E-state index >= 15 is 0 Å². The Kier molecular flexibility index (Phi) is 4.53. The molecule has 1 N–H and O–H groups in total. The maximum Gasteiger partial charge on any atom is 0.316 e. The van der Waals surface area contributed by atoms with Crippen molar-refractivity contribution in [3.05, 3.63) is 32.8 Å². The van der Waals surface area contributed by atoms with E-state index in [1.165, 1.54) is 15.6 Å². The standard InChI is InChI=1S/C20H26N4O3/c1-22-16-11-14(21-18(25)13-7-6-8-13)15(24-9-4-3-5-10-24)12-17(16)23(2)20(27)19(22)26/h11-13H,3-10H2,1-2H3,(H,21,25). The number of carbonyl (C=O) groups is 1. The summed E-state index contributed by atoms with van der Waals surface area (Å²) in [4.78, 5) is 39.3. The molecule has 4 rings (SSSR count). The van der Waals surface area contributed by atoms with Crippen molar-refractivity contribution in [3.8, 4) is 0 Å². The lowest BCUT2D eigenvalue weighted by Gasteiger charge is -2.32. The third-order valence-corrected chi connectivity index (χ3v) is 6.04. The van der Waals surface area contributed by atoms with Crippen LogP contribution in [0.4, 0.5) is 11.4 Å². The van der Waals surface area contributed by atoms with Gasteiger partial charge >= 0.3 is 11.1 Å². The van der Waals surface area contributed by atoms with Crippen LogP contribution in [0.3, 0.4) is 0 Å². The third kappa shape index (κ3) is 3.05. The number of fused-ring (bicyclic) bond motifs is 1. The Morgan fingerprint density at radius 3 is 2.07 bits per heavy atom. The van der Waals surface area contributed by atoms with Crippen molar-refractivity contribution in [1.29, 1.82) is 0 Å². The van der Waals surface area contributed by atoms with E-state index in [9.17, 15) is 14.4 Å². The second-order valence-electron chi connectivity index (χ2n) is 7.75. The minimum absolute atomic E-state index is 0.0497. The molecule has 0 radical (unpaired) electrons. The van der Waals surface area contributed by atoms with Crippen molar-refractivity contribution in [2.24, 2.45) is 20.0 Å². The SMILES string of the molecule is Cn1c(=O)c(=O)n(C)c2cc(N3CCCCC3)c(NC(=O)C3CCC3)cc21. The van der Waals surface area contributed by atoms with E-state index in [0.29, 0.717) is 11.0 Å². The first-order valence-corrected chi connectivity index (χ1v) is 9.77. The van der Waals surface area contributed by atoms with Gasteiger partial charge in [-0.2, -0.15) is 0 Å². The molecule has 7 nitrogen and oxygen atoms in total. The average molecular weight is 370 g/mol.